The summed E-state index contributed by atoms with van der Waals surface area (Å²) in [6, 6.07) is 2.17. The van der Waals surface area contributed by atoms with E-state index in [9.17, 15) is 0 Å². The van der Waals surface area contributed by atoms with Gasteiger partial charge in [0.1, 0.15) is 11.8 Å². The Bertz CT molecular complexity index is 319. The summed E-state index contributed by atoms with van der Waals surface area (Å²) in [4.78, 5) is 4.28. The predicted molar refractivity (Wildman–Crippen MR) is 74.3 cm³/mol. The molecule has 3 nitrogen and oxygen atoms in total. The van der Waals surface area contributed by atoms with Gasteiger partial charge in [-0.05, 0) is 19.9 Å². The summed E-state index contributed by atoms with van der Waals surface area (Å²) >= 11 is 0. The summed E-state index contributed by atoms with van der Waals surface area (Å²) in [6.45, 7) is 8.53. The van der Waals surface area contributed by atoms with Crippen LogP contribution in [0.15, 0.2) is 28.8 Å². The number of nitrogens with zero attached hydrogens (tertiary/aromatic N) is 2. The maximum absolute atomic E-state index is 9.00. The molecular formula is C14H23N3. The highest BCUT2D eigenvalue weighted by Gasteiger charge is 2.01. The van der Waals surface area contributed by atoms with E-state index in [4.69, 9.17) is 5.26 Å². The standard InChI is InChI=1S/C14H23N3/c1-4-7-8-9-17-14(11-15)10-13(5-2)12-16-6-3/h5,7-8,16H,4,6,9-10,12H2,1-3H3/b8-7-,13-5-,17-14+. The van der Waals surface area contributed by atoms with Crippen LogP contribution in [0.5, 0.6) is 0 Å². The topological polar surface area (TPSA) is 48.2 Å². The number of hydrogen-bond acceptors (Lipinski definition) is 3. The van der Waals surface area contributed by atoms with Gasteiger partial charge in [-0.3, -0.25) is 4.99 Å². The van der Waals surface area contributed by atoms with Crippen molar-refractivity contribution in [3.63, 3.8) is 0 Å². The maximum Gasteiger partial charge on any atom is 0.116 e. The summed E-state index contributed by atoms with van der Waals surface area (Å²) in [5.74, 6) is 0. The van der Waals surface area contributed by atoms with E-state index in [0.29, 0.717) is 18.7 Å². The molecule has 0 rings (SSSR count). The second-order valence-electron chi connectivity index (χ2n) is 3.68. The largest absolute Gasteiger partial charge is 0.313 e. The van der Waals surface area contributed by atoms with Gasteiger partial charge >= 0.3 is 0 Å². The Hall–Kier alpha value is -1.40. The van der Waals surface area contributed by atoms with Crippen LogP contribution in [0.2, 0.25) is 0 Å². The average Bonchev–Trinajstić information content (AvgIpc) is 2.37. The monoisotopic (exact) mass is 233 g/mol. The Labute approximate surface area is 105 Å². The zero-order valence-electron chi connectivity index (χ0n) is 11.2. The fourth-order valence-electron chi connectivity index (χ4n) is 1.30. The number of likely N-dealkylation sites (N-methyl/N-ethyl adjacent to an activating group) is 1. The normalized spacial score (nSPS) is 13.1. The van der Waals surface area contributed by atoms with Crippen molar-refractivity contribution in [1.82, 2.24) is 5.32 Å². The highest BCUT2D eigenvalue weighted by atomic mass is 14.8. The van der Waals surface area contributed by atoms with Crippen molar-refractivity contribution in [1.29, 1.82) is 5.26 Å². The highest BCUT2D eigenvalue weighted by molar-refractivity contribution is 6.00. The van der Waals surface area contributed by atoms with E-state index in [1.807, 2.05) is 13.0 Å². The quantitative estimate of drug-likeness (QED) is 0.517. The zero-order chi connectivity index (χ0) is 12.9. The number of nitriles is 1. The van der Waals surface area contributed by atoms with Crippen molar-refractivity contribution in [2.24, 2.45) is 4.99 Å². The van der Waals surface area contributed by atoms with Crippen LogP contribution in [-0.4, -0.2) is 25.3 Å². The van der Waals surface area contributed by atoms with Crippen LogP contribution >= 0.6 is 0 Å². The molecule has 0 fully saturated rings. The summed E-state index contributed by atoms with van der Waals surface area (Å²) in [7, 11) is 0. The molecule has 0 spiro atoms. The second kappa shape index (κ2) is 11.1. The smallest absolute Gasteiger partial charge is 0.116 e. The van der Waals surface area contributed by atoms with Gasteiger partial charge in [0.25, 0.3) is 0 Å². The number of allylic oxidation sites excluding steroid dienone is 2. The predicted octanol–water partition coefficient (Wildman–Crippen LogP) is 2.86. The number of rotatable bonds is 8. The van der Waals surface area contributed by atoms with Gasteiger partial charge in [0.05, 0.1) is 6.54 Å². The van der Waals surface area contributed by atoms with E-state index in [2.05, 4.69) is 42.4 Å². The molecule has 0 aromatic heterocycles. The molecule has 0 saturated carbocycles. The number of nitrogens with one attached hydrogen (secondary N) is 1. The molecule has 0 bridgehead atoms. The van der Waals surface area contributed by atoms with Gasteiger partial charge in [0.15, 0.2) is 0 Å². The Kier molecular flexibility index (Phi) is 10.2. The van der Waals surface area contributed by atoms with E-state index in [1.165, 1.54) is 5.57 Å². The third-order valence-electron chi connectivity index (χ3n) is 2.32. The van der Waals surface area contributed by atoms with Gasteiger partial charge < -0.3 is 5.32 Å². The van der Waals surface area contributed by atoms with Gasteiger partial charge in [-0.1, -0.05) is 37.6 Å². The molecule has 94 valence electrons. The first kappa shape index (κ1) is 15.6. The van der Waals surface area contributed by atoms with Crippen LogP contribution in [-0.2, 0) is 0 Å². The van der Waals surface area contributed by atoms with Crippen LogP contribution in [0.1, 0.15) is 33.6 Å². The lowest BCUT2D eigenvalue weighted by Gasteiger charge is -2.05. The molecule has 3 heteroatoms. The second-order valence-corrected chi connectivity index (χ2v) is 3.68. The Morgan fingerprint density at radius 3 is 2.65 bits per heavy atom. The summed E-state index contributed by atoms with van der Waals surface area (Å²) in [6.07, 6.45) is 7.78. The highest BCUT2D eigenvalue weighted by Crippen LogP contribution is 2.02. The van der Waals surface area contributed by atoms with Gasteiger partial charge in [-0.2, -0.15) is 5.26 Å². The molecule has 0 atom stereocenters. The van der Waals surface area contributed by atoms with Crippen molar-refractivity contribution in [3.8, 4) is 6.07 Å². The van der Waals surface area contributed by atoms with E-state index in [0.717, 1.165) is 19.5 Å². The molecular weight excluding hydrogens is 210 g/mol. The lowest BCUT2D eigenvalue weighted by molar-refractivity contribution is 0.768. The third-order valence-corrected chi connectivity index (χ3v) is 2.32. The number of aliphatic imine (C=N–C) groups is 1. The van der Waals surface area contributed by atoms with Crippen molar-refractivity contribution < 1.29 is 0 Å². The molecule has 0 unspecified atom stereocenters. The van der Waals surface area contributed by atoms with Gasteiger partial charge in [-0.25, -0.2) is 0 Å². The Balaban J connectivity index is 4.28. The van der Waals surface area contributed by atoms with E-state index in [-0.39, 0.29) is 0 Å². The molecule has 0 heterocycles. The minimum absolute atomic E-state index is 0.606. The molecule has 17 heavy (non-hydrogen) atoms. The minimum atomic E-state index is 0.606. The van der Waals surface area contributed by atoms with E-state index >= 15 is 0 Å². The molecule has 0 aliphatic heterocycles. The van der Waals surface area contributed by atoms with Gasteiger partial charge in [0.2, 0.25) is 0 Å². The molecule has 0 saturated heterocycles. The molecule has 1 N–H and O–H groups in total. The van der Waals surface area contributed by atoms with Gasteiger partial charge in [0, 0.05) is 13.0 Å². The van der Waals surface area contributed by atoms with Crippen molar-refractivity contribution >= 4 is 5.71 Å². The lowest BCUT2D eigenvalue weighted by atomic mass is 10.1. The van der Waals surface area contributed by atoms with Crippen molar-refractivity contribution in [2.45, 2.75) is 33.6 Å². The summed E-state index contributed by atoms with van der Waals surface area (Å²) in [5, 5.41) is 12.3. The third kappa shape index (κ3) is 8.41. The van der Waals surface area contributed by atoms with Crippen LogP contribution in [0.3, 0.4) is 0 Å². The maximum atomic E-state index is 9.00. The first-order valence-corrected chi connectivity index (χ1v) is 6.21. The average molecular weight is 233 g/mol. The Morgan fingerprint density at radius 2 is 2.12 bits per heavy atom. The first-order chi connectivity index (χ1) is 8.28. The molecule has 0 aromatic carbocycles. The fourth-order valence-corrected chi connectivity index (χ4v) is 1.30. The van der Waals surface area contributed by atoms with Crippen molar-refractivity contribution in [2.75, 3.05) is 19.6 Å². The molecule has 0 aliphatic rings. The van der Waals surface area contributed by atoms with Crippen LogP contribution in [0.4, 0.5) is 0 Å². The molecule has 0 radical (unpaired) electrons. The number of hydrogen-bond donors (Lipinski definition) is 1. The lowest BCUT2D eigenvalue weighted by Crippen LogP contribution is -2.17. The molecule has 0 aromatic rings. The fraction of sp³-hybridized carbons (Fsp3) is 0.571. The van der Waals surface area contributed by atoms with E-state index < -0.39 is 0 Å². The summed E-state index contributed by atoms with van der Waals surface area (Å²) < 4.78 is 0. The van der Waals surface area contributed by atoms with Crippen LogP contribution < -0.4 is 5.32 Å². The van der Waals surface area contributed by atoms with Gasteiger partial charge in [-0.15, -0.1) is 0 Å². The molecule has 0 aliphatic carbocycles. The minimum Gasteiger partial charge on any atom is -0.313 e. The zero-order valence-corrected chi connectivity index (χ0v) is 11.2. The Morgan fingerprint density at radius 1 is 1.35 bits per heavy atom. The van der Waals surface area contributed by atoms with Crippen molar-refractivity contribution in [3.05, 3.63) is 23.8 Å². The van der Waals surface area contributed by atoms with Crippen LogP contribution in [0.25, 0.3) is 0 Å². The first-order valence-electron chi connectivity index (χ1n) is 6.21. The molecule has 0 amide bonds. The SMILES string of the molecule is C/C=C(\CNCC)C/C(C#N)=N\C/C=C\CC. The van der Waals surface area contributed by atoms with Crippen LogP contribution in [0, 0.1) is 11.3 Å². The summed E-state index contributed by atoms with van der Waals surface area (Å²) in [5.41, 5.74) is 1.82. The van der Waals surface area contributed by atoms with E-state index in [1.54, 1.807) is 0 Å².